The number of hydrogen-bond donors (Lipinski definition) is 0. The Balaban J connectivity index is 1.03. The lowest BCUT2D eigenvalue weighted by molar-refractivity contribution is 0.613. The quantitative estimate of drug-likeness (QED) is 0.177. The number of rotatable bonds is 4. The van der Waals surface area contributed by atoms with Crippen molar-refractivity contribution in [2.24, 2.45) is 0 Å². The minimum absolute atomic E-state index is 0.130. The number of aromatic nitrogens is 3. The van der Waals surface area contributed by atoms with Crippen LogP contribution in [0.15, 0.2) is 200 Å². The smallest absolute Gasteiger partial charge is 0.235 e. The molecule has 0 unspecified atom stereocenters. The summed E-state index contributed by atoms with van der Waals surface area (Å²) in [4.78, 5) is 11.0. The molecule has 13 rings (SSSR count). The zero-order chi connectivity index (χ0) is 41.8. The van der Waals surface area contributed by atoms with Crippen LogP contribution in [0, 0.1) is 0 Å². The standard InChI is InChI=1S/C60H41N3/c1-60(2)53-31-30-43(33-44(53)35-51-47-19-8-6-14-38(47)29-32-54(51)60)48-22-12-23-49-52-34-41-15-3-4-16-42(41)36-56(52)63(58(48)49)59-61-55-24-10-9-20-50(55)57(62-59)40-27-25-39(26-28-40)46-21-11-17-37-13-5-7-18-45(37)46/h3-34,36H,35H2,1-2H3. The predicted molar refractivity (Wildman–Crippen MR) is 264 cm³/mol. The van der Waals surface area contributed by atoms with Gasteiger partial charge in [0.2, 0.25) is 5.95 Å². The molecule has 0 atom stereocenters. The second-order valence-corrected chi connectivity index (χ2v) is 17.7. The number of benzene rings is 10. The molecule has 63 heavy (non-hydrogen) atoms. The van der Waals surface area contributed by atoms with Gasteiger partial charge in [-0.05, 0) is 95.9 Å². The summed E-state index contributed by atoms with van der Waals surface area (Å²) >= 11 is 0. The summed E-state index contributed by atoms with van der Waals surface area (Å²) in [5.74, 6) is 0.657. The molecule has 3 heteroatoms. The predicted octanol–water partition coefficient (Wildman–Crippen LogP) is 15.4. The molecule has 2 aromatic heterocycles. The Morgan fingerprint density at radius 2 is 1.03 bits per heavy atom. The third kappa shape index (κ3) is 5.46. The number of hydrogen-bond acceptors (Lipinski definition) is 2. The summed E-state index contributed by atoms with van der Waals surface area (Å²) in [6, 6.07) is 73.2. The zero-order valence-corrected chi connectivity index (χ0v) is 35.1. The first-order valence-corrected chi connectivity index (χ1v) is 21.9. The van der Waals surface area contributed by atoms with E-state index in [2.05, 4.69) is 219 Å². The van der Waals surface area contributed by atoms with Crippen LogP contribution in [0.1, 0.15) is 36.1 Å². The van der Waals surface area contributed by atoms with E-state index in [-0.39, 0.29) is 5.41 Å². The van der Waals surface area contributed by atoms with Gasteiger partial charge in [0.1, 0.15) is 0 Å². The number of nitrogens with zero attached hydrogens (tertiary/aromatic N) is 3. The van der Waals surface area contributed by atoms with E-state index in [1.807, 2.05) is 0 Å². The van der Waals surface area contributed by atoms with Crippen LogP contribution >= 0.6 is 0 Å². The fourth-order valence-corrected chi connectivity index (χ4v) is 10.8. The van der Waals surface area contributed by atoms with Crippen molar-refractivity contribution >= 4 is 65.0 Å². The van der Waals surface area contributed by atoms with Gasteiger partial charge >= 0.3 is 0 Å². The van der Waals surface area contributed by atoms with E-state index in [0.29, 0.717) is 5.95 Å². The molecule has 0 saturated heterocycles. The monoisotopic (exact) mass is 803 g/mol. The average molecular weight is 804 g/mol. The van der Waals surface area contributed by atoms with E-state index >= 15 is 0 Å². The van der Waals surface area contributed by atoms with E-state index in [4.69, 9.17) is 9.97 Å². The largest absolute Gasteiger partial charge is 0.277 e. The van der Waals surface area contributed by atoms with Gasteiger partial charge in [-0.1, -0.05) is 196 Å². The van der Waals surface area contributed by atoms with Gasteiger partial charge in [-0.2, -0.15) is 0 Å². The van der Waals surface area contributed by atoms with Gasteiger partial charge in [-0.25, -0.2) is 9.97 Å². The maximum atomic E-state index is 5.58. The first kappa shape index (κ1) is 35.8. The average Bonchev–Trinajstić information content (AvgIpc) is 3.66. The second-order valence-electron chi connectivity index (χ2n) is 17.7. The van der Waals surface area contributed by atoms with Crippen LogP contribution in [0.2, 0.25) is 0 Å². The molecule has 12 aromatic rings. The fraction of sp³-hybridized carbons (Fsp3) is 0.0667. The third-order valence-electron chi connectivity index (χ3n) is 13.9. The Labute approximate surface area is 365 Å². The summed E-state index contributed by atoms with van der Waals surface area (Å²) in [6.07, 6.45) is 0.893. The van der Waals surface area contributed by atoms with Crippen molar-refractivity contribution in [2.45, 2.75) is 25.7 Å². The topological polar surface area (TPSA) is 30.7 Å². The van der Waals surface area contributed by atoms with Gasteiger partial charge in [0, 0.05) is 32.7 Å². The Bertz CT molecular complexity index is 3850. The molecule has 2 heterocycles. The van der Waals surface area contributed by atoms with Crippen LogP contribution in [-0.2, 0) is 11.8 Å². The molecule has 0 N–H and O–H groups in total. The normalized spacial score (nSPS) is 13.3. The molecule has 0 amide bonds. The van der Waals surface area contributed by atoms with Crippen molar-refractivity contribution in [3.63, 3.8) is 0 Å². The van der Waals surface area contributed by atoms with Crippen LogP contribution < -0.4 is 0 Å². The lowest BCUT2D eigenvalue weighted by atomic mass is 9.67. The van der Waals surface area contributed by atoms with Gasteiger partial charge < -0.3 is 0 Å². The van der Waals surface area contributed by atoms with E-state index in [9.17, 15) is 0 Å². The van der Waals surface area contributed by atoms with E-state index in [1.54, 1.807) is 0 Å². The lowest BCUT2D eigenvalue weighted by Crippen LogP contribution is -2.27. The summed E-state index contributed by atoms with van der Waals surface area (Å²) in [5.41, 5.74) is 15.3. The molecular weight excluding hydrogens is 763 g/mol. The molecule has 0 spiro atoms. The molecule has 0 fully saturated rings. The molecular formula is C60H41N3. The molecule has 0 saturated carbocycles. The molecule has 0 bridgehead atoms. The highest BCUT2D eigenvalue weighted by atomic mass is 15.2. The highest BCUT2D eigenvalue weighted by Crippen LogP contribution is 2.46. The van der Waals surface area contributed by atoms with Gasteiger partial charge in [0.15, 0.2) is 0 Å². The maximum Gasteiger partial charge on any atom is 0.235 e. The van der Waals surface area contributed by atoms with Crippen molar-refractivity contribution in [3.8, 4) is 39.5 Å². The van der Waals surface area contributed by atoms with Crippen LogP contribution in [-0.4, -0.2) is 14.5 Å². The summed E-state index contributed by atoms with van der Waals surface area (Å²) in [6.45, 7) is 4.76. The van der Waals surface area contributed by atoms with Gasteiger partial charge in [-0.3, -0.25) is 4.57 Å². The van der Waals surface area contributed by atoms with Crippen molar-refractivity contribution in [1.82, 2.24) is 14.5 Å². The Morgan fingerprint density at radius 3 is 1.86 bits per heavy atom. The lowest BCUT2D eigenvalue weighted by Gasteiger charge is -2.36. The SMILES string of the molecule is CC1(C)c2ccc(-c3cccc4c5cc6ccccc6cc5n(-c5nc(-c6ccc(-c7cccc8ccccc78)cc6)c6ccccc6n5)c34)cc2Cc2c1ccc1ccccc21. The van der Waals surface area contributed by atoms with Crippen LogP contribution in [0.5, 0.6) is 0 Å². The Morgan fingerprint density at radius 1 is 0.429 bits per heavy atom. The Hall–Kier alpha value is -7.88. The van der Waals surface area contributed by atoms with E-state index in [0.717, 1.165) is 45.2 Å². The first-order chi connectivity index (χ1) is 31.0. The van der Waals surface area contributed by atoms with Crippen molar-refractivity contribution in [1.29, 1.82) is 0 Å². The maximum absolute atomic E-state index is 5.58. The fourth-order valence-electron chi connectivity index (χ4n) is 10.8. The summed E-state index contributed by atoms with van der Waals surface area (Å²) in [5, 5.41) is 10.9. The van der Waals surface area contributed by atoms with Crippen LogP contribution in [0.25, 0.3) is 104 Å². The molecule has 10 aromatic carbocycles. The van der Waals surface area contributed by atoms with Gasteiger partial charge in [-0.15, -0.1) is 0 Å². The minimum atomic E-state index is -0.130. The highest BCUT2D eigenvalue weighted by molar-refractivity contribution is 6.17. The highest BCUT2D eigenvalue weighted by Gasteiger charge is 2.33. The molecule has 0 radical (unpaired) electrons. The van der Waals surface area contributed by atoms with Gasteiger partial charge in [0.25, 0.3) is 0 Å². The molecule has 296 valence electrons. The van der Waals surface area contributed by atoms with Crippen molar-refractivity contribution in [3.05, 3.63) is 222 Å². The van der Waals surface area contributed by atoms with Gasteiger partial charge in [0.05, 0.1) is 22.2 Å². The first-order valence-electron chi connectivity index (χ1n) is 21.9. The van der Waals surface area contributed by atoms with E-state index in [1.165, 1.54) is 82.0 Å². The van der Waals surface area contributed by atoms with E-state index < -0.39 is 0 Å². The molecule has 3 nitrogen and oxygen atoms in total. The summed E-state index contributed by atoms with van der Waals surface area (Å²) in [7, 11) is 0. The second kappa shape index (κ2) is 13.6. The Kier molecular flexibility index (Phi) is 7.71. The molecule has 1 aliphatic carbocycles. The summed E-state index contributed by atoms with van der Waals surface area (Å²) < 4.78 is 2.33. The molecule has 0 aliphatic heterocycles. The van der Waals surface area contributed by atoms with Crippen LogP contribution in [0.3, 0.4) is 0 Å². The minimum Gasteiger partial charge on any atom is -0.277 e. The van der Waals surface area contributed by atoms with Crippen LogP contribution in [0.4, 0.5) is 0 Å². The number of fused-ring (bicyclic) bond motifs is 10. The third-order valence-corrected chi connectivity index (χ3v) is 13.9. The molecule has 1 aliphatic rings. The van der Waals surface area contributed by atoms with Crippen molar-refractivity contribution < 1.29 is 0 Å². The zero-order valence-electron chi connectivity index (χ0n) is 35.1. The number of para-hydroxylation sites is 2. The van der Waals surface area contributed by atoms with Crippen molar-refractivity contribution in [2.75, 3.05) is 0 Å².